The van der Waals surface area contributed by atoms with Crippen molar-refractivity contribution in [3.8, 4) is 0 Å². The summed E-state index contributed by atoms with van der Waals surface area (Å²) in [4.78, 5) is 80.4. The molecule has 0 aliphatic rings. The Bertz CT molecular complexity index is 772. The zero-order valence-electron chi connectivity index (χ0n) is 17.9. The predicted octanol–water partition coefficient (Wildman–Crippen LogP) is -3.13. The molecule has 15 heteroatoms. The van der Waals surface area contributed by atoms with Gasteiger partial charge in [0, 0.05) is 19.3 Å². The number of amides is 4. The van der Waals surface area contributed by atoms with Crippen LogP contribution < -0.4 is 27.4 Å². The molecule has 0 bridgehead atoms. The van der Waals surface area contributed by atoms with E-state index in [1.807, 2.05) is 0 Å². The van der Waals surface area contributed by atoms with Gasteiger partial charge in [0.05, 0.1) is 6.04 Å². The Labute approximate surface area is 188 Å². The van der Waals surface area contributed by atoms with Crippen molar-refractivity contribution in [3.63, 3.8) is 0 Å². The molecule has 0 fully saturated rings. The van der Waals surface area contributed by atoms with Gasteiger partial charge < -0.3 is 42.7 Å². The molecule has 0 aromatic carbocycles. The van der Waals surface area contributed by atoms with Crippen LogP contribution in [0.25, 0.3) is 0 Å². The van der Waals surface area contributed by atoms with E-state index < -0.39 is 78.5 Å². The van der Waals surface area contributed by atoms with E-state index in [2.05, 4.69) is 16.0 Å². The van der Waals surface area contributed by atoms with Crippen LogP contribution >= 0.6 is 0 Å². The average molecular weight is 475 g/mol. The number of nitrogens with one attached hydrogen (secondary N) is 3. The van der Waals surface area contributed by atoms with Crippen LogP contribution in [0.3, 0.4) is 0 Å². The fourth-order valence-electron chi connectivity index (χ4n) is 2.45. The number of carbonyl (C=O) groups is 7. The fraction of sp³-hybridized carbons (Fsp3) is 0.611. The monoisotopic (exact) mass is 475 g/mol. The first-order valence-electron chi connectivity index (χ1n) is 9.86. The summed E-state index contributed by atoms with van der Waals surface area (Å²) in [5.41, 5.74) is 10.5. The number of carbonyl (C=O) groups excluding carboxylic acids is 4. The SMILES string of the molecule is CC(NC(=O)C(CCC(=O)O)NC(=O)C(N)CCC(=O)O)C(=O)NC(CCC(N)=O)C(=O)O. The van der Waals surface area contributed by atoms with Crippen LogP contribution in [0.1, 0.15) is 45.4 Å². The molecule has 0 aromatic heterocycles. The lowest BCUT2D eigenvalue weighted by molar-refractivity contribution is -0.142. The summed E-state index contributed by atoms with van der Waals surface area (Å²) in [6.45, 7) is 1.22. The lowest BCUT2D eigenvalue weighted by Gasteiger charge is -2.23. The first kappa shape index (κ1) is 29.2. The molecule has 33 heavy (non-hydrogen) atoms. The lowest BCUT2D eigenvalue weighted by Crippen LogP contribution is -2.56. The topological polar surface area (TPSA) is 268 Å². The van der Waals surface area contributed by atoms with E-state index >= 15 is 0 Å². The molecular weight excluding hydrogens is 446 g/mol. The van der Waals surface area contributed by atoms with Gasteiger partial charge in [-0.25, -0.2) is 4.79 Å². The van der Waals surface area contributed by atoms with Crippen molar-refractivity contribution >= 4 is 41.5 Å². The predicted molar refractivity (Wildman–Crippen MR) is 109 cm³/mol. The Morgan fingerprint density at radius 2 is 1.18 bits per heavy atom. The van der Waals surface area contributed by atoms with Gasteiger partial charge >= 0.3 is 17.9 Å². The standard InChI is InChI=1S/C18H29N5O10/c1-8(15(29)23-11(18(32)33)3-5-12(20)24)21-17(31)10(4-7-14(27)28)22-16(30)9(19)2-6-13(25)26/h8-11H,2-7,19H2,1H3,(H2,20,24)(H,21,31)(H,22,30)(H,23,29)(H,25,26)(H,27,28)(H,32,33). The first-order chi connectivity index (χ1) is 15.2. The minimum Gasteiger partial charge on any atom is -0.481 e. The summed E-state index contributed by atoms with van der Waals surface area (Å²) < 4.78 is 0. The summed E-state index contributed by atoms with van der Waals surface area (Å²) in [6, 6.07) is -5.43. The Morgan fingerprint density at radius 3 is 1.67 bits per heavy atom. The van der Waals surface area contributed by atoms with E-state index in [1.54, 1.807) is 0 Å². The van der Waals surface area contributed by atoms with E-state index in [0.717, 1.165) is 0 Å². The van der Waals surface area contributed by atoms with Crippen LogP contribution in [0.5, 0.6) is 0 Å². The highest BCUT2D eigenvalue weighted by Gasteiger charge is 2.29. The smallest absolute Gasteiger partial charge is 0.326 e. The van der Waals surface area contributed by atoms with Gasteiger partial charge in [-0.2, -0.15) is 0 Å². The van der Waals surface area contributed by atoms with Crippen LogP contribution in [0.15, 0.2) is 0 Å². The van der Waals surface area contributed by atoms with Crippen molar-refractivity contribution < 1.29 is 48.9 Å². The Balaban J connectivity index is 5.13. The Kier molecular flexibility index (Phi) is 12.7. The molecule has 0 spiro atoms. The third-order valence-corrected chi connectivity index (χ3v) is 4.33. The van der Waals surface area contributed by atoms with Gasteiger partial charge in [-0.3, -0.25) is 28.8 Å². The zero-order chi connectivity index (χ0) is 25.7. The molecule has 0 aromatic rings. The van der Waals surface area contributed by atoms with Gasteiger partial charge in [0.1, 0.15) is 18.1 Å². The minimum atomic E-state index is -1.45. The molecule has 0 saturated carbocycles. The highest BCUT2D eigenvalue weighted by Crippen LogP contribution is 2.03. The molecule has 4 amide bonds. The second-order valence-corrected chi connectivity index (χ2v) is 7.17. The van der Waals surface area contributed by atoms with Gasteiger partial charge in [0.15, 0.2) is 0 Å². The summed E-state index contributed by atoms with van der Waals surface area (Å²) in [7, 11) is 0. The number of hydrogen-bond donors (Lipinski definition) is 8. The molecule has 4 unspecified atom stereocenters. The van der Waals surface area contributed by atoms with Gasteiger partial charge in [-0.05, 0) is 26.2 Å². The largest absolute Gasteiger partial charge is 0.481 e. The molecule has 4 atom stereocenters. The number of rotatable bonds is 16. The molecule has 0 aliphatic heterocycles. The van der Waals surface area contributed by atoms with Crippen molar-refractivity contribution in [2.75, 3.05) is 0 Å². The van der Waals surface area contributed by atoms with Crippen molar-refractivity contribution in [1.29, 1.82) is 0 Å². The summed E-state index contributed by atoms with van der Waals surface area (Å²) >= 11 is 0. The van der Waals surface area contributed by atoms with Crippen LogP contribution in [0.2, 0.25) is 0 Å². The van der Waals surface area contributed by atoms with Crippen molar-refractivity contribution in [2.24, 2.45) is 11.5 Å². The van der Waals surface area contributed by atoms with Crippen LogP contribution in [0.4, 0.5) is 0 Å². The summed E-state index contributed by atoms with van der Waals surface area (Å²) in [5.74, 6) is -7.39. The normalized spacial score (nSPS) is 14.1. The highest BCUT2D eigenvalue weighted by atomic mass is 16.4. The van der Waals surface area contributed by atoms with E-state index in [4.69, 9.17) is 26.8 Å². The van der Waals surface area contributed by atoms with Gasteiger partial charge in [0.2, 0.25) is 23.6 Å². The molecule has 15 nitrogen and oxygen atoms in total. The Morgan fingerprint density at radius 1 is 0.697 bits per heavy atom. The summed E-state index contributed by atoms with van der Waals surface area (Å²) in [5, 5.41) is 33.2. The lowest BCUT2D eigenvalue weighted by atomic mass is 10.1. The van der Waals surface area contributed by atoms with Crippen molar-refractivity contribution in [3.05, 3.63) is 0 Å². The number of carboxylic acid groups (broad SMARTS) is 3. The van der Waals surface area contributed by atoms with Crippen LogP contribution in [-0.2, 0) is 33.6 Å². The third kappa shape index (κ3) is 12.6. The molecule has 0 aliphatic carbocycles. The molecule has 0 rings (SSSR count). The maximum Gasteiger partial charge on any atom is 0.326 e. The number of primary amides is 1. The molecular formula is C18H29N5O10. The third-order valence-electron chi connectivity index (χ3n) is 4.33. The maximum atomic E-state index is 12.5. The number of aliphatic carboxylic acids is 3. The molecule has 10 N–H and O–H groups in total. The minimum absolute atomic E-state index is 0.227. The van der Waals surface area contributed by atoms with Crippen molar-refractivity contribution in [1.82, 2.24) is 16.0 Å². The van der Waals surface area contributed by atoms with E-state index in [9.17, 15) is 33.6 Å². The van der Waals surface area contributed by atoms with Gasteiger partial charge in [-0.15, -0.1) is 0 Å². The first-order valence-corrected chi connectivity index (χ1v) is 9.86. The number of carboxylic acids is 3. The van der Waals surface area contributed by atoms with E-state index in [-0.39, 0.29) is 25.7 Å². The number of nitrogens with two attached hydrogens (primary N) is 2. The van der Waals surface area contributed by atoms with Gasteiger partial charge in [-0.1, -0.05) is 0 Å². The number of hydrogen-bond acceptors (Lipinski definition) is 8. The quantitative estimate of drug-likeness (QED) is 0.110. The molecule has 0 heterocycles. The van der Waals surface area contributed by atoms with Crippen molar-refractivity contribution in [2.45, 2.75) is 69.6 Å². The molecule has 0 saturated heterocycles. The second-order valence-electron chi connectivity index (χ2n) is 7.17. The Hall–Kier alpha value is -3.75. The molecule has 0 radical (unpaired) electrons. The second kappa shape index (κ2) is 14.3. The van der Waals surface area contributed by atoms with Gasteiger partial charge in [0.25, 0.3) is 0 Å². The van der Waals surface area contributed by atoms with Crippen LogP contribution in [-0.4, -0.2) is 81.0 Å². The van der Waals surface area contributed by atoms with E-state index in [1.165, 1.54) is 6.92 Å². The summed E-state index contributed by atoms with van der Waals surface area (Å²) in [6.07, 6.45) is -2.08. The zero-order valence-corrected chi connectivity index (χ0v) is 17.9. The van der Waals surface area contributed by atoms with E-state index in [0.29, 0.717) is 0 Å². The van der Waals surface area contributed by atoms with Crippen LogP contribution in [0, 0.1) is 0 Å². The molecule has 186 valence electrons. The fourth-order valence-corrected chi connectivity index (χ4v) is 2.45. The highest BCUT2D eigenvalue weighted by molar-refractivity contribution is 5.94. The average Bonchev–Trinajstić information content (AvgIpc) is 2.70. The maximum absolute atomic E-state index is 12.5.